The zero-order valence-electron chi connectivity index (χ0n) is 11.5. The third-order valence-corrected chi connectivity index (χ3v) is 4.57. The van der Waals surface area contributed by atoms with Gasteiger partial charge in [0.25, 0.3) is 0 Å². The quantitative estimate of drug-likeness (QED) is 0.799. The highest BCUT2D eigenvalue weighted by atomic mass is 79.9. The van der Waals surface area contributed by atoms with Crippen LogP contribution in [0, 0.1) is 13.8 Å². The van der Waals surface area contributed by atoms with Crippen LogP contribution in [0.2, 0.25) is 0 Å². The van der Waals surface area contributed by atoms with Crippen molar-refractivity contribution < 1.29 is 0 Å². The number of benzene rings is 2. The maximum absolute atomic E-state index is 6.40. The summed E-state index contributed by atoms with van der Waals surface area (Å²) in [7, 11) is 0. The second-order valence-corrected chi connectivity index (χ2v) is 6.88. The molecule has 2 nitrogen and oxygen atoms in total. The first-order chi connectivity index (χ1) is 9.40. The lowest BCUT2D eigenvalue weighted by Gasteiger charge is -2.24. The predicted octanol–water partition coefficient (Wildman–Crippen LogP) is 4.53. The smallest absolute Gasteiger partial charge is 0.0494 e. The van der Waals surface area contributed by atoms with E-state index >= 15 is 0 Å². The molecule has 0 aliphatic heterocycles. The van der Waals surface area contributed by atoms with Gasteiger partial charge in [-0.1, -0.05) is 44.0 Å². The van der Waals surface area contributed by atoms with E-state index in [-0.39, 0.29) is 12.1 Å². The molecule has 20 heavy (non-hydrogen) atoms. The monoisotopic (exact) mass is 396 g/mol. The molecule has 0 bridgehead atoms. The first-order valence-corrected chi connectivity index (χ1v) is 8.02. The molecule has 0 spiro atoms. The van der Waals surface area contributed by atoms with Crippen LogP contribution in [0.3, 0.4) is 0 Å². The van der Waals surface area contributed by atoms with Crippen LogP contribution in [0.1, 0.15) is 34.3 Å². The molecule has 2 aromatic carbocycles. The minimum Gasteiger partial charge on any atom is -0.322 e. The van der Waals surface area contributed by atoms with Crippen molar-refractivity contribution in [2.45, 2.75) is 25.9 Å². The van der Waals surface area contributed by atoms with Crippen LogP contribution in [0.5, 0.6) is 0 Å². The topological polar surface area (TPSA) is 52.0 Å². The Bertz CT molecular complexity index is 570. The summed E-state index contributed by atoms with van der Waals surface area (Å²) >= 11 is 6.98. The molecule has 2 rings (SSSR count). The molecular formula is C16H18Br2N2. The number of hydrogen-bond acceptors (Lipinski definition) is 2. The van der Waals surface area contributed by atoms with Crippen molar-refractivity contribution in [3.05, 3.63) is 67.6 Å². The lowest BCUT2D eigenvalue weighted by Crippen LogP contribution is -2.27. The fourth-order valence-electron chi connectivity index (χ4n) is 2.33. The lowest BCUT2D eigenvalue weighted by molar-refractivity contribution is 0.569. The van der Waals surface area contributed by atoms with E-state index in [9.17, 15) is 0 Å². The van der Waals surface area contributed by atoms with Gasteiger partial charge in [0.1, 0.15) is 0 Å². The van der Waals surface area contributed by atoms with Crippen molar-refractivity contribution in [1.82, 2.24) is 0 Å². The van der Waals surface area contributed by atoms with E-state index in [2.05, 4.69) is 57.8 Å². The molecule has 0 heterocycles. The average molecular weight is 398 g/mol. The van der Waals surface area contributed by atoms with Gasteiger partial charge < -0.3 is 11.5 Å². The molecule has 0 saturated heterocycles. The molecule has 0 amide bonds. The Morgan fingerprint density at radius 2 is 1.10 bits per heavy atom. The van der Waals surface area contributed by atoms with Crippen LogP contribution in [-0.2, 0) is 0 Å². The second-order valence-electron chi connectivity index (χ2n) is 5.05. The largest absolute Gasteiger partial charge is 0.322 e. The van der Waals surface area contributed by atoms with Gasteiger partial charge in [-0.2, -0.15) is 0 Å². The Morgan fingerprint density at radius 1 is 0.750 bits per heavy atom. The van der Waals surface area contributed by atoms with Gasteiger partial charge in [-0.05, 0) is 60.4 Å². The Hall–Kier alpha value is -0.680. The maximum Gasteiger partial charge on any atom is 0.0494 e. The first-order valence-electron chi connectivity index (χ1n) is 6.43. The normalized spacial score (nSPS) is 14.1. The average Bonchev–Trinajstić information content (AvgIpc) is 2.42. The van der Waals surface area contributed by atoms with E-state index in [0.29, 0.717) is 0 Å². The third-order valence-electron chi connectivity index (χ3n) is 3.59. The van der Waals surface area contributed by atoms with Crippen LogP contribution in [0.4, 0.5) is 0 Å². The minimum absolute atomic E-state index is 0.236. The van der Waals surface area contributed by atoms with E-state index in [0.717, 1.165) is 31.2 Å². The third kappa shape index (κ3) is 3.31. The molecule has 106 valence electrons. The van der Waals surface area contributed by atoms with Crippen LogP contribution in [0.25, 0.3) is 0 Å². The molecule has 2 aromatic rings. The minimum atomic E-state index is -0.236. The fourth-order valence-corrected chi connectivity index (χ4v) is 3.09. The van der Waals surface area contributed by atoms with Crippen molar-refractivity contribution in [2.24, 2.45) is 11.5 Å². The molecule has 0 aliphatic carbocycles. The summed E-state index contributed by atoms with van der Waals surface area (Å²) in [6.07, 6.45) is 0. The van der Waals surface area contributed by atoms with E-state index in [1.165, 1.54) is 0 Å². The summed E-state index contributed by atoms with van der Waals surface area (Å²) in [6.45, 7) is 4.12. The highest BCUT2D eigenvalue weighted by molar-refractivity contribution is 9.10. The molecule has 2 unspecified atom stereocenters. The van der Waals surface area contributed by atoms with E-state index < -0.39 is 0 Å². The molecule has 2 atom stereocenters. The Kier molecular flexibility index (Phi) is 5.02. The molecule has 4 heteroatoms. The number of halogens is 2. The Balaban J connectivity index is 2.39. The van der Waals surface area contributed by atoms with Gasteiger partial charge in [-0.15, -0.1) is 0 Å². The van der Waals surface area contributed by atoms with Gasteiger partial charge in [-0.3, -0.25) is 0 Å². The van der Waals surface area contributed by atoms with Crippen molar-refractivity contribution in [2.75, 3.05) is 0 Å². The van der Waals surface area contributed by atoms with Gasteiger partial charge in [0.15, 0.2) is 0 Å². The fraction of sp³-hybridized carbons (Fsp3) is 0.250. The molecule has 0 saturated carbocycles. The van der Waals surface area contributed by atoms with Gasteiger partial charge >= 0.3 is 0 Å². The van der Waals surface area contributed by atoms with E-state index in [4.69, 9.17) is 11.5 Å². The molecule has 0 aliphatic rings. The maximum atomic E-state index is 6.40. The Labute approximate surface area is 136 Å². The summed E-state index contributed by atoms with van der Waals surface area (Å²) in [5.74, 6) is 0. The van der Waals surface area contributed by atoms with Crippen molar-refractivity contribution in [3.63, 3.8) is 0 Å². The van der Waals surface area contributed by atoms with Gasteiger partial charge in [-0.25, -0.2) is 0 Å². The molecular weight excluding hydrogens is 380 g/mol. The SMILES string of the molecule is Cc1ccc(Br)cc1C(N)C(N)c1cc(Br)ccc1C. The van der Waals surface area contributed by atoms with Crippen molar-refractivity contribution in [3.8, 4) is 0 Å². The van der Waals surface area contributed by atoms with Gasteiger partial charge in [0.2, 0.25) is 0 Å². The van der Waals surface area contributed by atoms with Crippen LogP contribution in [0.15, 0.2) is 45.3 Å². The standard InChI is InChI=1S/C16H18Br2N2/c1-9-3-5-11(17)7-13(9)15(19)16(20)14-8-12(18)6-4-10(14)2/h3-8,15-16H,19-20H2,1-2H3. The van der Waals surface area contributed by atoms with Gasteiger partial charge in [0.05, 0.1) is 0 Å². The summed E-state index contributed by atoms with van der Waals surface area (Å²) in [4.78, 5) is 0. The van der Waals surface area contributed by atoms with Gasteiger partial charge in [0, 0.05) is 21.0 Å². The van der Waals surface area contributed by atoms with Crippen LogP contribution in [-0.4, -0.2) is 0 Å². The molecule has 0 fully saturated rings. The Morgan fingerprint density at radius 3 is 1.45 bits per heavy atom. The molecule has 0 radical (unpaired) electrons. The zero-order chi connectivity index (χ0) is 14.9. The predicted molar refractivity (Wildman–Crippen MR) is 91.6 cm³/mol. The van der Waals surface area contributed by atoms with Crippen LogP contribution >= 0.6 is 31.9 Å². The first kappa shape index (κ1) is 15.7. The lowest BCUT2D eigenvalue weighted by atomic mass is 9.90. The summed E-state index contributed by atoms with van der Waals surface area (Å²) in [5.41, 5.74) is 17.3. The zero-order valence-corrected chi connectivity index (χ0v) is 14.7. The van der Waals surface area contributed by atoms with Crippen molar-refractivity contribution >= 4 is 31.9 Å². The number of aryl methyl sites for hydroxylation is 2. The number of rotatable bonds is 3. The molecule has 4 N–H and O–H groups in total. The van der Waals surface area contributed by atoms with Crippen molar-refractivity contribution in [1.29, 1.82) is 0 Å². The summed E-state index contributed by atoms with van der Waals surface area (Å²) in [6, 6.07) is 11.8. The highest BCUT2D eigenvalue weighted by Crippen LogP contribution is 2.31. The number of hydrogen-bond donors (Lipinski definition) is 2. The van der Waals surface area contributed by atoms with Crippen LogP contribution < -0.4 is 11.5 Å². The second kappa shape index (κ2) is 6.39. The van der Waals surface area contributed by atoms with E-state index in [1.807, 2.05) is 24.3 Å². The molecule has 0 aromatic heterocycles. The summed E-state index contributed by atoms with van der Waals surface area (Å²) in [5, 5.41) is 0. The van der Waals surface area contributed by atoms with E-state index in [1.54, 1.807) is 0 Å². The highest BCUT2D eigenvalue weighted by Gasteiger charge is 2.20. The summed E-state index contributed by atoms with van der Waals surface area (Å²) < 4.78 is 2.04. The number of nitrogens with two attached hydrogens (primary N) is 2.